The zero-order valence-corrected chi connectivity index (χ0v) is 14.3. The average molecular weight is 360 g/mol. The third-order valence-electron chi connectivity index (χ3n) is 3.06. The molecule has 2 aromatic rings. The number of carbonyl (C=O) groups excluding carboxylic acids is 1. The molecule has 0 spiro atoms. The summed E-state index contributed by atoms with van der Waals surface area (Å²) in [4.78, 5) is 12.5. The van der Waals surface area contributed by atoms with Crippen LogP contribution < -0.4 is 11.1 Å². The van der Waals surface area contributed by atoms with Gasteiger partial charge >= 0.3 is 0 Å². The molecule has 22 heavy (non-hydrogen) atoms. The van der Waals surface area contributed by atoms with E-state index in [0.29, 0.717) is 27.3 Å². The van der Waals surface area contributed by atoms with Gasteiger partial charge < -0.3 is 11.1 Å². The maximum atomic E-state index is 12.5. The topological polar surface area (TPSA) is 85.8 Å². The number of thioether (sulfide) groups is 1. The Hall–Kier alpha value is -1.44. The largest absolute Gasteiger partial charge is 0.368 e. The molecule has 0 radical (unpaired) electrons. The lowest BCUT2D eigenvalue weighted by Gasteiger charge is -2.18. The summed E-state index contributed by atoms with van der Waals surface area (Å²) >= 11 is 13.2. The number of nitrogens with two attached hydrogens (primary N) is 1. The van der Waals surface area contributed by atoms with Crippen molar-refractivity contribution < 1.29 is 4.79 Å². The summed E-state index contributed by atoms with van der Waals surface area (Å²) in [7, 11) is 0. The van der Waals surface area contributed by atoms with Crippen molar-refractivity contribution in [3.8, 4) is 0 Å². The monoisotopic (exact) mass is 359 g/mol. The highest BCUT2D eigenvalue weighted by atomic mass is 35.5. The quantitative estimate of drug-likeness (QED) is 0.798. The molecule has 0 saturated heterocycles. The number of nitrogens with zero attached hydrogens (tertiary/aromatic N) is 3. The molecule has 1 amide bonds. The second kappa shape index (κ2) is 7.21. The Morgan fingerprint density at radius 1 is 1.41 bits per heavy atom. The summed E-state index contributed by atoms with van der Waals surface area (Å²) in [5.74, 6) is -0.0109. The SMILES string of the molecule is CCC(C(=O)Nc1ccc(Cl)c(Cl)c1)n1c(N)nnc1SC. The Morgan fingerprint density at radius 3 is 2.73 bits per heavy atom. The van der Waals surface area contributed by atoms with Gasteiger partial charge in [0.2, 0.25) is 11.9 Å². The van der Waals surface area contributed by atoms with Crippen LogP contribution in [-0.4, -0.2) is 26.9 Å². The number of amides is 1. The van der Waals surface area contributed by atoms with Crippen molar-refractivity contribution in [2.45, 2.75) is 24.5 Å². The van der Waals surface area contributed by atoms with Crippen molar-refractivity contribution in [3.05, 3.63) is 28.2 Å². The summed E-state index contributed by atoms with van der Waals surface area (Å²) in [6.45, 7) is 1.89. The first-order valence-electron chi connectivity index (χ1n) is 6.48. The lowest BCUT2D eigenvalue weighted by molar-refractivity contribution is -0.119. The molecular formula is C13H15Cl2N5OS. The first kappa shape index (κ1) is 16.9. The van der Waals surface area contributed by atoms with Crippen LogP contribution in [0.3, 0.4) is 0 Å². The summed E-state index contributed by atoms with van der Waals surface area (Å²) in [5, 5.41) is 12.0. The molecule has 9 heteroatoms. The lowest BCUT2D eigenvalue weighted by Crippen LogP contribution is -2.27. The number of carbonyl (C=O) groups is 1. The Bertz CT molecular complexity index is 691. The molecule has 0 bridgehead atoms. The molecule has 0 fully saturated rings. The number of nitrogen functional groups attached to an aromatic ring is 1. The Balaban J connectivity index is 2.25. The van der Waals surface area contributed by atoms with Crippen LogP contribution in [0.4, 0.5) is 11.6 Å². The normalized spacial score (nSPS) is 12.2. The highest BCUT2D eigenvalue weighted by Gasteiger charge is 2.24. The zero-order valence-electron chi connectivity index (χ0n) is 12.0. The number of aromatic nitrogens is 3. The number of hydrogen-bond acceptors (Lipinski definition) is 5. The van der Waals surface area contributed by atoms with Crippen LogP contribution in [0.2, 0.25) is 10.0 Å². The number of rotatable bonds is 5. The summed E-state index contributed by atoms with van der Waals surface area (Å²) in [5.41, 5.74) is 6.39. The minimum absolute atomic E-state index is 0.209. The first-order valence-corrected chi connectivity index (χ1v) is 8.46. The van der Waals surface area contributed by atoms with Gasteiger partial charge in [-0.1, -0.05) is 41.9 Å². The van der Waals surface area contributed by atoms with E-state index in [1.165, 1.54) is 11.8 Å². The molecule has 0 aliphatic heterocycles. The van der Waals surface area contributed by atoms with Crippen molar-refractivity contribution in [1.29, 1.82) is 0 Å². The summed E-state index contributed by atoms with van der Waals surface area (Å²) in [6, 6.07) is 4.40. The van der Waals surface area contributed by atoms with Crippen molar-refractivity contribution >= 4 is 52.5 Å². The van der Waals surface area contributed by atoms with E-state index < -0.39 is 6.04 Å². The van der Waals surface area contributed by atoms with Crippen LogP contribution in [0, 0.1) is 0 Å². The lowest BCUT2D eigenvalue weighted by atomic mass is 10.2. The van der Waals surface area contributed by atoms with Gasteiger partial charge in [-0.15, -0.1) is 10.2 Å². The number of benzene rings is 1. The van der Waals surface area contributed by atoms with E-state index >= 15 is 0 Å². The van der Waals surface area contributed by atoms with Crippen molar-refractivity contribution in [2.24, 2.45) is 0 Å². The molecule has 1 atom stereocenters. The van der Waals surface area contributed by atoms with E-state index in [1.807, 2.05) is 13.2 Å². The predicted octanol–water partition coefficient (Wildman–Crippen LogP) is 3.48. The molecule has 0 saturated carbocycles. The van der Waals surface area contributed by atoms with Gasteiger partial charge in [0.15, 0.2) is 5.16 Å². The Labute approximate surface area is 142 Å². The number of anilines is 2. The molecule has 6 nitrogen and oxygen atoms in total. The van der Waals surface area contributed by atoms with Crippen LogP contribution in [0.15, 0.2) is 23.4 Å². The molecule has 1 unspecified atom stereocenters. The fourth-order valence-corrected chi connectivity index (χ4v) is 2.84. The van der Waals surface area contributed by atoms with Crippen LogP contribution >= 0.6 is 35.0 Å². The molecular weight excluding hydrogens is 345 g/mol. The van der Waals surface area contributed by atoms with Gasteiger partial charge in [-0.3, -0.25) is 9.36 Å². The smallest absolute Gasteiger partial charge is 0.247 e. The van der Waals surface area contributed by atoms with Crippen LogP contribution in [0.1, 0.15) is 19.4 Å². The fourth-order valence-electron chi connectivity index (χ4n) is 2.01. The molecule has 0 aliphatic rings. The highest BCUT2D eigenvalue weighted by molar-refractivity contribution is 7.98. The molecule has 0 aliphatic carbocycles. The first-order chi connectivity index (χ1) is 10.5. The average Bonchev–Trinajstić information content (AvgIpc) is 2.85. The molecule has 1 aromatic carbocycles. The van der Waals surface area contributed by atoms with Gasteiger partial charge in [0.25, 0.3) is 0 Å². The fraction of sp³-hybridized carbons (Fsp3) is 0.308. The van der Waals surface area contributed by atoms with Crippen molar-refractivity contribution in [1.82, 2.24) is 14.8 Å². The molecule has 118 valence electrons. The van der Waals surface area contributed by atoms with E-state index in [1.54, 1.807) is 22.8 Å². The van der Waals surface area contributed by atoms with Gasteiger partial charge in [0.05, 0.1) is 10.0 Å². The van der Waals surface area contributed by atoms with E-state index in [-0.39, 0.29) is 11.9 Å². The summed E-state index contributed by atoms with van der Waals surface area (Å²) < 4.78 is 1.62. The summed E-state index contributed by atoms with van der Waals surface area (Å²) in [6.07, 6.45) is 2.40. The van der Waals surface area contributed by atoms with E-state index in [2.05, 4.69) is 15.5 Å². The van der Waals surface area contributed by atoms with Crippen molar-refractivity contribution in [3.63, 3.8) is 0 Å². The standard InChI is InChI=1S/C13H15Cl2N5OS/c1-3-10(20-12(16)18-19-13(20)22-2)11(21)17-7-4-5-8(14)9(15)6-7/h4-6,10H,3H2,1-2H3,(H2,16,18)(H,17,21). The highest BCUT2D eigenvalue weighted by Crippen LogP contribution is 2.27. The molecule has 1 heterocycles. The van der Waals surface area contributed by atoms with E-state index in [0.717, 1.165) is 0 Å². The third kappa shape index (κ3) is 3.48. The Kier molecular flexibility index (Phi) is 5.55. The van der Waals surface area contributed by atoms with Crippen LogP contribution in [-0.2, 0) is 4.79 Å². The zero-order chi connectivity index (χ0) is 16.3. The number of nitrogens with one attached hydrogen (secondary N) is 1. The van der Waals surface area contributed by atoms with E-state index in [4.69, 9.17) is 28.9 Å². The molecule has 1 aromatic heterocycles. The second-order valence-corrected chi connectivity index (χ2v) is 6.04. The maximum Gasteiger partial charge on any atom is 0.247 e. The van der Waals surface area contributed by atoms with Crippen LogP contribution in [0.5, 0.6) is 0 Å². The molecule has 2 rings (SSSR count). The number of halogens is 2. The number of hydrogen-bond donors (Lipinski definition) is 2. The molecule has 3 N–H and O–H groups in total. The van der Waals surface area contributed by atoms with Crippen molar-refractivity contribution in [2.75, 3.05) is 17.3 Å². The predicted molar refractivity (Wildman–Crippen MR) is 90.6 cm³/mol. The Morgan fingerprint density at radius 2 is 2.14 bits per heavy atom. The van der Waals surface area contributed by atoms with E-state index in [9.17, 15) is 4.79 Å². The van der Waals surface area contributed by atoms with Gasteiger partial charge in [-0.2, -0.15) is 0 Å². The second-order valence-electron chi connectivity index (χ2n) is 4.46. The van der Waals surface area contributed by atoms with Gasteiger partial charge in [0.1, 0.15) is 6.04 Å². The van der Waals surface area contributed by atoms with Crippen LogP contribution in [0.25, 0.3) is 0 Å². The minimum atomic E-state index is -0.507. The van der Waals surface area contributed by atoms with Gasteiger partial charge in [-0.05, 0) is 30.9 Å². The third-order valence-corrected chi connectivity index (χ3v) is 4.44. The van der Waals surface area contributed by atoms with Gasteiger partial charge in [0, 0.05) is 5.69 Å². The van der Waals surface area contributed by atoms with Gasteiger partial charge in [-0.25, -0.2) is 0 Å². The minimum Gasteiger partial charge on any atom is -0.368 e. The maximum absolute atomic E-state index is 12.5.